The van der Waals surface area contributed by atoms with Gasteiger partial charge in [-0.05, 0) is 45.7 Å². The Labute approximate surface area is 97.6 Å². The number of hydrogen-bond acceptors (Lipinski definition) is 2. The van der Waals surface area contributed by atoms with E-state index in [-0.39, 0.29) is 0 Å². The molecule has 92 valence electrons. The molecule has 0 aliphatic heterocycles. The van der Waals surface area contributed by atoms with Crippen molar-refractivity contribution in [3.8, 4) is 0 Å². The van der Waals surface area contributed by atoms with Crippen LogP contribution in [0.1, 0.15) is 19.8 Å². The van der Waals surface area contributed by atoms with Gasteiger partial charge in [-0.25, -0.2) is 0 Å². The maximum Gasteiger partial charge on any atom is 0.184 e. The average molecular weight is 249 g/mol. The normalized spacial score (nSPS) is 15.4. The quantitative estimate of drug-likeness (QED) is 0.637. The summed E-state index contributed by atoms with van der Waals surface area (Å²) in [5, 5.41) is 0. The zero-order chi connectivity index (χ0) is 12.1. The highest BCUT2D eigenvalue weighted by Crippen LogP contribution is 2.14. The molecule has 0 radical (unpaired) electrons. The molecule has 0 aromatic rings. The molecule has 0 aliphatic carbocycles. The molecule has 0 fully saturated rings. The lowest BCUT2D eigenvalue weighted by molar-refractivity contribution is 0.111. The van der Waals surface area contributed by atoms with Gasteiger partial charge in [0.05, 0.1) is 12.7 Å². The van der Waals surface area contributed by atoms with Gasteiger partial charge >= 0.3 is 0 Å². The van der Waals surface area contributed by atoms with Crippen molar-refractivity contribution in [1.29, 1.82) is 0 Å². The van der Waals surface area contributed by atoms with Crippen LogP contribution in [0.15, 0.2) is 0 Å². The third kappa shape index (κ3) is 10.6. The van der Waals surface area contributed by atoms with Gasteiger partial charge in [0.15, 0.2) is 16.6 Å². The molecule has 4 heteroatoms. The molecule has 0 saturated heterocycles. The van der Waals surface area contributed by atoms with E-state index in [1.807, 2.05) is 0 Å². The van der Waals surface area contributed by atoms with Crippen LogP contribution in [0.3, 0.4) is 0 Å². The molecule has 0 aromatic heterocycles. The summed E-state index contributed by atoms with van der Waals surface area (Å²) in [7, 11) is -2.81. The number of rotatable bonds is 7. The second-order valence-electron chi connectivity index (χ2n) is 6.06. The Kier molecular flexibility index (Phi) is 6.32. The molecule has 0 spiro atoms. The maximum absolute atomic E-state index is 6.11. The molecule has 0 heterocycles. The molecule has 0 aliphatic rings. The first-order valence-corrected chi connectivity index (χ1v) is 12.8. The van der Waals surface area contributed by atoms with E-state index in [1.165, 1.54) is 6.42 Å². The first-order chi connectivity index (χ1) is 6.64. The predicted octanol–water partition coefficient (Wildman–Crippen LogP) is 3.86. The highest BCUT2D eigenvalue weighted by atomic mass is 28.4. The second-order valence-corrected chi connectivity index (χ2v) is 15.0. The summed E-state index contributed by atoms with van der Waals surface area (Å²) in [4.78, 5) is 0. The van der Waals surface area contributed by atoms with Crippen LogP contribution in [0.4, 0.5) is 0 Å². The topological polar surface area (TPSA) is 18.5 Å². The molecule has 0 N–H and O–H groups in total. The highest BCUT2D eigenvalue weighted by Gasteiger charge is 2.23. The zero-order valence-corrected chi connectivity index (χ0v) is 13.5. The minimum absolute atomic E-state index is 0.313. The molecular weight excluding hydrogens is 220 g/mol. The van der Waals surface area contributed by atoms with E-state index in [0.29, 0.717) is 6.10 Å². The summed E-state index contributed by atoms with van der Waals surface area (Å²) in [5.41, 5.74) is 0. The molecule has 1 atom stereocenters. The monoisotopic (exact) mass is 248 g/mol. The van der Waals surface area contributed by atoms with Crippen LogP contribution in [0, 0.1) is 0 Å². The highest BCUT2D eigenvalue weighted by molar-refractivity contribution is 6.70. The SMILES string of the molecule is CCCC(CO[Si](C)(C)C)O[Si](C)(C)C. The number of hydrogen-bond donors (Lipinski definition) is 0. The first kappa shape index (κ1) is 15.4. The van der Waals surface area contributed by atoms with Crippen molar-refractivity contribution in [3.63, 3.8) is 0 Å². The van der Waals surface area contributed by atoms with Crippen molar-refractivity contribution in [3.05, 3.63) is 0 Å². The minimum atomic E-state index is -1.42. The van der Waals surface area contributed by atoms with E-state index in [0.717, 1.165) is 13.0 Å². The van der Waals surface area contributed by atoms with Gasteiger partial charge in [0.1, 0.15) is 0 Å². The summed E-state index contributed by atoms with van der Waals surface area (Å²) < 4.78 is 12.0. The van der Waals surface area contributed by atoms with Gasteiger partial charge in [0.2, 0.25) is 0 Å². The maximum atomic E-state index is 6.11. The molecular formula is C11H28O2Si2. The molecule has 0 rings (SSSR count). The van der Waals surface area contributed by atoms with Crippen molar-refractivity contribution in [2.24, 2.45) is 0 Å². The van der Waals surface area contributed by atoms with Gasteiger partial charge in [0.25, 0.3) is 0 Å². The van der Waals surface area contributed by atoms with Crippen LogP contribution >= 0.6 is 0 Å². The summed E-state index contributed by atoms with van der Waals surface area (Å²) in [6.07, 6.45) is 2.60. The van der Waals surface area contributed by atoms with Gasteiger partial charge in [-0.1, -0.05) is 13.3 Å². The lowest BCUT2D eigenvalue weighted by Crippen LogP contribution is -2.37. The molecule has 0 bridgehead atoms. The van der Waals surface area contributed by atoms with Crippen LogP contribution in [-0.2, 0) is 8.85 Å². The Bertz CT molecular complexity index is 170. The standard InChI is InChI=1S/C11H28O2Si2/c1-8-9-11(13-15(5,6)7)10-12-14(2,3)4/h11H,8-10H2,1-7H3. The fraction of sp³-hybridized carbons (Fsp3) is 1.00. The summed E-state index contributed by atoms with van der Waals surface area (Å²) >= 11 is 0. The van der Waals surface area contributed by atoms with Crippen LogP contribution in [0.2, 0.25) is 39.3 Å². The van der Waals surface area contributed by atoms with E-state index >= 15 is 0 Å². The van der Waals surface area contributed by atoms with Crippen molar-refractivity contribution in [2.75, 3.05) is 6.61 Å². The Morgan fingerprint density at radius 2 is 1.47 bits per heavy atom. The van der Waals surface area contributed by atoms with E-state index in [4.69, 9.17) is 8.85 Å². The molecule has 1 unspecified atom stereocenters. The largest absolute Gasteiger partial charge is 0.415 e. The minimum Gasteiger partial charge on any atom is -0.415 e. The Morgan fingerprint density at radius 3 is 1.80 bits per heavy atom. The van der Waals surface area contributed by atoms with Gasteiger partial charge in [0, 0.05) is 0 Å². The molecule has 2 nitrogen and oxygen atoms in total. The lowest BCUT2D eigenvalue weighted by Gasteiger charge is -2.28. The average Bonchev–Trinajstić information content (AvgIpc) is 1.96. The molecule has 0 amide bonds. The van der Waals surface area contributed by atoms with Gasteiger partial charge < -0.3 is 8.85 Å². The smallest absolute Gasteiger partial charge is 0.184 e. The van der Waals surface area contributed by atoms with Crippen molar-refractivity contribution in [1.82, 2.24) is 0 Å². The van der Waals surface area contributed by atoms with Crippen molar-refractivity contribution in [2.45, 2.75) is 65.2 Å². The Morgan fingerprint density at radius 1 is 0.933 bits per heavy atom. The first-order valence-electron chi connectivity index (χ1n) is 5.96. The van der Waals surface area contributed by atoms with E-state index < -0.39 is 16.6 Å². The van der Waals surface area contributed by atoms with Gasteiger partial charge in [-0.15, -0.1) is 0 Å². The van der Waals surface area contributed by atoms with Crippen LogP contribution < -0.4 is 0 Å². The fourth-order valence-electron chi connectivity index (χ4n) is 1.34. The van der Waals surface area contributed by atoms with Crippen molar-refractivity contribution < 1.29 is 8.85 Å². The molecule has 15 heavy (non-hydrogen) atoms. The second kappa shape index (κ2) is 6.18. The molecule has 0 saturated carbocycles. The van der Waals surface area contributed by atoms with Gasteiger partial charge in [-0.2, -0.15) is 0 Å². The fourth-order valence-corrected chi connectivity index (χ4v) is 3.21. The van der Waals surface area contributed by atoms with E-state index in [2.05, 4.69) is 46.2 Å². The van der Waals surface area contributed by atoms with Crippen LogP contribution in [0.25, 0.3) is 0 Å². The van der Waals surface area contributed by atoms with Gasteiger partial charge in [-0.3, -0.25) is 0 Å². The summed E-state index contributed by atoms with van der Waals surface area (Å²) in [6.45, 7) is 16.4. The summed E-state index contributed by atoms with van der Waals surface area (Å²) in [6, 6.07) is 0. The van der Waals surface area contributed by atoms with E-state index in [1.54, 1.807) is 0 Å². The Balaban J connectivity index is 4.05. The Hall–Kier alpha value is 0.354. The predicted molar refractivity (Wildman–Crippen MR) is 72.4 cm³/mol. The lowest BCUT2D eigenvalue weighted by atomic mass is 10.2. The summed E-state index contributed by atoms with van der Waals surface area (Å²) in [5.74, 6) is 0. The van der Waals surface area contributed by atoms with Crippen LogP contribution in [-0.4, -0.2) is 29.3 Å². The third-order valence-corrected chi connectivity index (χ3v) is 3.91. The van der Waals surface area contributed by atoms with Crippen LogP contribution in [0.5, 0.6) is 0 Å². The molecule has 0 aromatic carbocycles. The third-order valence-electron chi connectivity index (χ3n) is 1.83. The van der Waals surface area contributed by atoms with E-state index in [9.17, 15) is 0 Å². The van der Waals surface area contributed by atoms with Crippen molar-refractivity contribution >= 4 is 16.6 Å². The zero-order valence-electron chi connectivity index (χ0n) is 11.5.